The van der Waals surface area contributed by atoms with Crippen LogP contribution in [0.15, 0.2) is 28.7 Å². The molecule has 2 aromatic rings. The molecule has 0 atom stereocenters. The quantitative estimate of drug-likeness (QED) is 0.772. The Morgan fingerprint density at radius 1 is 1.33 bits per heavy atom. The van der Waals surface area contributed by atoms with E-state index < -0.39 is 0 Å². The van der Waals surface area contributed by atoms with Crippen LogP contribution in [0.4, 0.5) is 5.69 Å². The van der Waals surface area contributed by atoms with Crippen molar-refractivity contribution >= 4 is 5.69 Å². The van der Waals surface area contributed by atoms with Gasteiger partial charge in [-0.2, -0.15) is 0 Å². The summed E-state index contributed by atoms with van der Waals surface area (Å²) >= 11 is 0. The summed E-state index contributed by atoms with van der Waals surface area (Å²) in [7, 11) is 0. The van der Waals surface area contributed by atoms with Crippen molar-refractivity contribution in [2.24, 2.45) is 0 Å². The van der Waals surface area contributed by atoms with Crippen LogP contribution in [0.1, 0.15) is 6.92 Å². The van der Waals surface area contributed by atoms with Gasteiger partial charge in [0, 0.05) is 5.69 Å². The highest BCUT2D eigenvalue weighted by Gasteiger charge is 2.10. The fourth-order valence-corrected chi connectivity index (χ4v) is 1.19. The zero-order valence-electron chi connectivity index (χ0n) is 8.30. The number of nitrogen functional groups attached to an aromatic ring is 1. The van der Waals surface area contributed by atoms with E-state index in [4.69, 9.17) is 14.9 Å². The molecule has 0 unspecified atom stereocenters. The number of hydrogen-bond donors (Lipinski definition) is 1. The first-order valence-electron chi connectivity index (χ1n) is 4.62. The van der Waals surface area contributed by atoms with Gasteiger partial charge in [-0.05, 0) is 19.1 Å². The monoisotopic (exact) mass is 205 g/mol. The van der Waals surface area contributed by atoms with Crippen molar-refractivity contribution in [3.8, 4) is 17.5 Å². The van der Waals surface area contributed by atoms with E-state index in [1.807, 2.05) is 25.1 Å². The Bertz CT molecular complexity index is 453. The Morgan fingerprint density at radius 3 is 2.87 bits per heavy atom. The van der Waals surface area contributed by atoms with Crippen LogP contribution in [0.25, 0.3) is 11.5 Å². The average molecular weight is 205 g/mol. The van der Waals surface area contributed by atoms with Gasteiger partial charge in [-0.3, -0.25) is 0 Å². The molecule has 0 saturated heterocycles. The highest BCUT2D eigenvalue weighted by Crippen LogP contribution is 2.25. The smallest absolute Gasteiger partial charge is 0.414 e. The Labute approximate surface area is 86.9 Å². The van der Waals surface area contributed by atoms with Crippen LogP contribution in [-0.2, 0) is 0 Å². The minimum atomic E-state index is 0.163. The summed E-state index contributed by atoms with van der Waals surface area (Å²) in [6.45, 7) is 2.34. The maximum Gasteiger partial charge on any atom is 0.414 e. The van der Waals surface area contributed by atoms with Gasteiger partial charge >= 0.3 is 6.08 Å². The lowest BCUT2D eigenvalue weighted by Crippen LogP contribution is -1.90. The highest BCUT2D eigenvalue weighted by atomic mass is 16.6. The largest absolute Gasteiger partial charge is 0.449 e. The number of rotatable bonds is 3. The number of benzene rings is 1. The first-order chi connectivity index (χ1) is 7.31. The van der Waals surface area contributed by atoms with Crippen molar-refractivity contribution in [1.82, 2.24) is 10.2 Å². The molecular formula is C10H11N3O2. The predicted octanol–water partition coefficient (Wildman–Crippen LogP) is 1.72. The second-order valence-corrected chi connectivity index (χ2v) is 2.89. The summed E-state index contributed by atoms with van der Waals surface area (Å²) in [5.41, 5.74) is 7.09. The number of ether oxygens (including phenoxy) is 1. The molecule has 0 aliphatic carbocycles. The molecule has 1 aromatic heterocycles. The third-order valence-corrected chi connectivity index (χ3v) is 1.87. The van der Waals surface area contributed by atoms with Gasteiger partial charge in [-0.25, -0.2) is 0 Å². The summed E-state index contributed by atoms with van der Waals surface area (Å²) in [4.78, 5) is 0. The molecule has 2 N–H and O–H groups in total. The minimum Gasteiger partial charge on any atom is -0.449 e. The van der Waals surface area contributed by atoms with Gasteiger partial charge in [0.05, 0.1) is 12.2 Å². The van der Waals surface area contributed by atoms with Crippen LogP contribution in [0, 0.1) is 0 Å². The van der Waals surface area contributed by atoms with Crippen LogP contribution in [0.5, 0.6) is 6.08 Å². The predicted molar refractivity (Wildman–Crippen MR) is 55.3 cm³/mol. The topological polar surface area (TPSA) is 74.2 Å². The molecule has 0 amide bonds. The van der Waals surface area contributed by atoms with E-state index in [0.29, 0.717) is 18.2 Å². The van der Waals surface area contributed by atoms with E-state index in [-0.39, 0.29) is 6.08 Å². The van der Waals surface area contributed by atoms with Crippen molar-refractivity contribution in [3.05, 3.63) is 24.3 Å². The van der Waals surface area contributed by atoms with Gasteiger partial charge in [0.1, 0.15) is 0 Å². The van der Waals surface area contributed by atoms with Gasteiger partial charge < -0.3 is 14.9 Å². The zero-order valence-corrected chi connectivity index (χ0v) is 8.30. The molecule has 0 aliphatic heterocycles. The van der Waals surface area contributed by atoms with Crippen LogP contribution >= 0.6 is 0 Å². The van der Waals surface area contributed by atoms with E-state index in [1.54, 1.807) is 6.07 Å². The lowest BCUT2D eigenvalue weighted by molar-refractivity contribution is 0.247. The molecule has 2 rings (SSSR count). The Balaban J connectivity index is 2.33. The van der Waals surface area contributed by atoms with E-state index in [0.717, 1.165) is 5.56 Å². The van der Waals surface area contributed by atoms with E-state index in [9.17, 15) is 0 Å². The third kappa shape index (κ3) is 1.90. The molecule has 0 radical (unpaired) electrons. The number of nitrogens with zero attached hydrogens (tertiary/aromatic N) is 2. The molecule has 0 bridgehead atoms. The van der Waals surface area contributed by atoms with Crippen molar-refractivity contribution in [2.75, 3.05) is 12.3 Å². The van der Waals surface area contributed by atoms with Crippen molar-refractivity contribution in [1.29, 1.82) is 0 Å². The summed E-state index contributed by atoms with van der Waals surface area (Å²) in [6, 6.07) is 7.30. The van der Waals surface area contributed by atoms with Gasteiger partial charge in [0.25, 0.3) is 5.89 Å². The highest BCUT2D eigenvalue weighted by molar-refractivity contribution is 5.69. The van der Waals surface area contributed by atoms with E-state index in [2.05, 4.69) is 10.2 Å². The summed E-state index contributed by atoms with van der Waals surface area (Å²) in [5.74, 6) is 0.372. The third-order valence-electron chi connectivity index (χ3n) is 1.87. The van der Waals surface area contributed by atoms with Crippen LogP contribution in [-0.4, -0.2) is 16.8 Å². The lowest BCUT2D eigenvalue weighted by Gasteiger charge is -1.98. The van der Waals surface area contributed by atoms with Crippen molar-refractivity contribution < 1.29 is 9.15 Å². The zero-order chi connectivity index (χ0) is 10.7. The summed E-state index contributed by atoms with van der Waals surface area (Å²) in [5, 5.41) is 7.57. The molecule has 1 aromatic carbocycles. The van der Waals surface area contributed by atoms with Gasteiger partial charge in [0.15, 0.2) is 0 Å². The fraction of sp³-hybridized carbons (Fsp3) is 0.200. The first kappa shape index (κ1) is 9.51. The number of hydrogen-bond acceptors (Lipinski definition) is 5. The summed E-state index contributed by atoms with van der Waals surface area (Å²) in [6.07, 6.45) is 0.163. The lowest BCUT2D eigenvalue weighted by atomic mass is 10.2. The van der Waals surface area contributed by atoms with Crippen LogP contribution in [0.2, 0.25) is 0 Å². The average Bonchev–Trinajstić information content (AvgIpc) is 2.68. The Hall–Kier alpha value is -2.04. The van der Waals surface area contributed by atoms with E-state index >= 15 is 0 Å². The molecule has 5 nitrogen and oxygen atoms in total. The second kappa shape index (κ2) is 4.00. The fourth-order valence-electron chi connectivity index (χ4n) is 1.19. The van der Waals surface area contributed by atoms with Gasteiger partial charge in [-0.15, -0.1) is 5.10 Å². The molecule has 0 spiro atoms. The molecule has 0 saturated carbocycles. The van der Waals surface area contributed by atoms with Crippen molar-refractivity contribution in [2.45, 2.75) is 6.92 Å². The van der Waals surface area contributed by atoms with Crippen molar-refractivity contribution in [3.63, 3.8) is 0 Å². The maximum absolute atomic E-state index is 5.77. The number of nitrogens with two attached hydrogens (primary N) is 1. The minimum absolute atomic E-state index is 0.163. The number of anilines is 1. The summed E-state index contributed by atoms with van der Waals surface area (Å²) < 4.78 is 10.3. The second-order valence-electron chi connectivity index (χ2n) is 2.89. The molecule has 15 heavy (non-hydrogen) atoms. The molecule has 1 heterocycles. The normalized spacial score (nSPS) is 10.2. The van der Waals surface area contributed by atoms with Gasteiger partial charge in [0.2, 0.25) is 0 Å². The Morgan fingerprint density at radius 2 is 2.13 bits per heavy atom. The standard InChI is InChI=1S/C10H11N3O2/c1-2-14-10-13-12-9(15-10)7-5-3-4-6-8(7)11/h3-6H,2,11H2,1H3. The molecule has 78 valence electrons. The van der Waals surface area contributed by atoms with Crippen LogP contribution < -0.4 is 10.5 Å². The molecule has 5 heteroatoms. The number of aromatic nitrogens is 2. The van der Waals surface area contributed by atoms with E-state index in [1.165, 1.54) is 0 Å². The maximum atomic E-state index is 5.77. The van der Waals surface area contributed by atoms with Gasteiger partial charge in [-0.1, -0.05) is 17.2 Å². The number of para-hydroxylation sites is 1. The van der Waals surface area contributed by atoms with Crippen LogP contribution in [0.3, 0.4) is 0 Å². The Kier molecular flexibility index (Phi) is 2.53. The molecular weight excluding hydrogens is 194 g/mol. The SMILES string of the molecule is CCOc1nnc(-c2ccccc2N)o1. The first-order valence-corrected chi connectivity index (χ1v) is 4.62. The molecule has 0 fully saturated rings. The molecule has 0 aliphatic rings.